The molecule has 0 radical (unpaired) electrons. The lowest BCUT2D eigenvalue weighted by molar-refractivity contribution is 0.797. The predicted molar refractivity (Wildman–Crippen MR) is 99.2 cm³/mol. The van der Waals surface area contributed by atoms with Gasteiger partial charge >= 0.3 is 0 Å². The predicted octanol–water partition coefficient (Wildman–Crippen LogP) is 4.72. The quantitative estimate of drug-likeness (QED) is 0.537. The van der Waals surface area contributed by atoms with Crippen LogP contribution in [-0.4, -0.2) is 4.57 Å². The minimum Gasteiger partial charge on any atom is -0.303 e. The van der Waals surface area contributed by atoms with E-state index in [1.807, 2.05) is 77.4 Å². The Kier molecular flexibility index (Phi) is 3.72. The highest BCUT2D eigenvalue weighted by Crippen LogP contribution is 2.21. The average molecular weight is 311 g/mol. The molecule has 0 aliphatic rings. The molecule has 24 heavy (non-hydrogen) atoms. The molecule has 3 aromatic carbocycles. The number of benzene rings is 3. The van der Waals surface area contributed by atoms with Gasteiger partial charge in [-0.3, -0.25) is 4.79 Å². The van der Waals surface area contributed by atoms with E-state index >= 15 is 0 Å². The summed E-state index contributed by atoms with van der Waals surface area (Å²) in [6.45, 7) is 0.570. The first-order chi connectivity index (χ1) is 11.8. The van der Waals surface area contributed by atoms with E-state index < -0.39 is 0 Å². The zero-order valence-electron chi connectivity index (χ0n) is 13.2. The minimum atomic E-state index is 0.0451. The number of nitrogens with zero attached hydrogens (tertiary/aromatic N) is 1. The van der Waals surface area contributed by atoms with Crippen molar-refractivity contribution < 1.29 is 0 Å². The molecule has 116 valence electrons. The molecule has 4 aromatic rings. The standard InChI is InChI=1S/C22H17NO/c24-22-20(18-11-5-2-6-12-18)15-19-13-7-8-14-21(19)23(22)16-17-9-3-1-4-10-17/h1-15H,16H2. The van der Waals surface area contributed by atoms with Crippen molar-refractivity contribution >= 4 is 10.9 Å². The van der Waals surface area contributed by atoms with Crippen molar-refractivity contribution in [2.45, 2.75) is 6.54 Å². The van der Waals surface area contributed by atoms with E-state index in [1.165, 1.54) is 0 Å². The van der Waals surface area contributed by atoms with Gasteiger partial charge in [0.05, 0.1) is 12.1 Å². The van der Waals surface area contributed by atoms with Gasteiger partial charge in [0, 0.05) is 5.56 Å². The number of hydrogen-bond acceptors (Lipinski definition) is 1. The molecular weight excluding hydrogens is 294 g/mol. The minimum absolute atomic E-state index is 0.0451. The van der Waals surface area contributed by atoms with Gasteiger partial charge in [0.25, 0.3) is 5.56 Å². The molecule has 0 unspecified atom stereocenters. The second-order valence-electron chi connectivity index (χ2n) is 5.86. The van der Waals surface area contributed by atoms with Crippen LogP contribution in [0.1, 0.15) is 5.56 Å². The Balaban J connectivity index is 1.97. The van der Waals surface area contributed by atoms with Crippen molar-refractivity contribution in [2.24, 2.45) is 0 Å². The van der Waals surface area contributed by atoms with Crippen molar-refractivity contribution in [1.82, 2.24) is 4.57 Å². The second-order valence-corrected chi connectivity index (χ2v) is 5.86. The van der Waals surface area contributed by atoms with Gasteiger partial charge < -0.3 is 4.57 Å². The topological polar surface area (TPSA) is 22.0 Å². The van der Waals surface area contributed by atoms with Crippen LogP contribution in [0.3, 0.4) is 0 Å². The zero-order valence-corrected chi connectivity index (χ0v) is 13.2. The van der Waals surface area contributed by atoms with Gasteiger partial charge in [-0.05, 0) is 28.6 Å². The fraction of sp³-hybridized carbons (Fsp3) is 0.0455. The maximum absolute atomic E-state index is 13.2. The number of pyridine rings is 1. The third-order valence-corrected chi connectivity index (χ3v) is 4.27. The van der Waals surface area contributed by atoms with Gasteiger partial charge in [0.15, 0.2) is 0 Å². The zero-order chi connectivity index (χ0) is 16.4. The van der Waals surface area contributed by atoms with Crippen LogP contribution in [0.25, 0.3) is 22.0 Å². The first-order valence-electron chi connectivity index (χ1n) is 8.05. The molecular formula is C22H17NO. The molecule has 1 aromatic heterocycles. The Bertz CT molecular complexity index is 1030. The molecule has 0 fully saturated rings. The molecule has 0 N–H and O–H groups in total. The van der Waals surface area contributed by atoms with E-state index in [0.29, 0.717) is 6.54 Å². The first kappa shape index (κ1) is 14.5. The van der Waals surface area contributed by atoms with Crippen LogP contribution >= 0.6 is 0 Å². The SMILES string of the molecule is O=c1c(-c2ccccc2)cc2ccccc2n1Cc1ccccc1. The van der Waals surface area contributed by atoms with Gasteiger partial charge in [0.2, 0.25) is 0 Å². The maximum Gasteiger partial charge on any atom is 0.259 e. The van der Waals surface area contributed by atoms with E-state index in [4.69, 9.17) is 0 Å². The number of fused-ring (bicyclic) bond motifs is 1. The summed E-state index contributed by atoms with van der Waals surface area (Å²) in [5.41, 5.74) is 3.82. The fourth-order valence-electron chi connectivity index (χ4n) is 3.07. The van der Waals surface area contributed by atoms with Crippen molar-refractivity contribution in [3.63, 3.8) is 0 Å². The molecule has 2 nitrogen and oxygen atoms in total. The highest BCUT2D eigenvalue weighted by molar-refractivity contribution is 5.84. The Morgan fingerprint density at radius 3 is 2.08 bits per heavy atom. The van der Waals surface area contributed by atoms with Gasteiger partial charge in [-0.15, -0.1) is 0 Å². The van der Waals surface area contributed by atoms with Gasteiger partial charge in [-0.25, -0.2) is 0 Å². The van der Waals surface area contributed by atoms with Crippen molar-refractivity contribution in [3.05, 3.63) is 107 Å². The summed E-state index contributed by atoms with van der Waals surface area (Å²) < 4.78 is 1.87. The van der Waals surface area contributed by atoms with Crippen molar-refractivity contribution in [3.8, 4) is 11.1 Å². The van der Waals surface area contributed by atoms with Crippen LogP contribution in [0, 0.1) is 0 Å². The van der Waals surface area contributed by atoms with Gasteiger partial charge in [-0.1, -0.05) is 78.9 Å². The molecule has 1 heterocycles. The summed E-state index contributed by atoms with van der Waals surface area (Å²) in [4.78, 5) is 13.2. The number of aromatic nitrogens is 1. The van der Waals surface area contributed by atoms with Crippen LogP contribution in [0.4, 0.5) is 0 Å². The third kappa shape index (κ3) is 2.63. The van der Waals surface area contributed by atoms with E-state index in [-0.39, 0.29) is 5.56 Å². The number of hydrogen-bond donors (Lipinski definition) is 0. The fourth-order valence-corrected chi connectivity index (χ4v) is 3.07. The van der Waals surface area contributed by atoms with E-state index in [2.05, 4.69) is 18.2 Å². The molecule has 0 aliphatic carbocycles. The summed E-state index contributed by atoms with van der Waals surface area (Å²) in [6.07, 6.45) is 0. The monoisotopic (exact) mass is 311 g/mol. The van der Waals surface area contributed by atoms with Crippen LogP contribution in [0.2, 0.25) is 0 Å². The summed E-state index contributed by atoms with van der Waals surface area (Å²) in [5.74, 6) is 0. The number of rotatable bonds is 3. The summed E-state index contributed by atoms with van der Waals surface area (Å²) >= 11 is 0. The third-order valence-electron chi connectivity index (χ3n) is 4.27. The Morgan fingerprint density at radius 2 is 1.33 bits per heavy atom. The molecule has 0 saturated heterocycles. The molecule has 0 aliphatic heterocycles. The van der Waals surface area contributed by atoms with E-state index in [0.717, 1.165) is 27.6 Å². The van der Waals surface area contributed by atoms with Crippen LogP contribution in [0.5, 0.6) is 0 Å². The lowest BCUT2D eigenvalue weighted by Crippen LogP contribution is -2.22. The van der Waals surface area contributed by atoms with E-state index in [9.17, 15) is 4.79 Å². The second kappa shape index (κ2) is 6.17. The molecule has 0 amide bonds. The summed E-state index contributed by atoms with van der Waals surface area (Å²) in [6, 6.07) is 30.0. The lowest BCUT2D eigenvalue weighted by Gasteiger charge is -2.13. The normalized spacial score (nSPS) is 10.8. The highest BCUT2D eigenvalue weighted by atomic mass is 16.1. The smallest absolute Gasteiger partial charge is 0.259 e. The average Bonchev–Trinajstić information content (AvgIpc) is 2.65. The van der Waals surface area contributed by atoms with Gasteiger partial charge in [-0.2, -0.15) is 0 Å². The Morgan fingerprint density at radius 1 is 0.708 bits per heavy atom. The van der Waals surface area contributed by atoms with Crippen LogP contribution in [-0.2, 0) is 6.54 Å². The largest absolute Gasteiger partial charge is 0.303 e. The van der Waals surface area contributed by atoms with Crippen LogP contribution < -0.4 is 5.56 Å². The van der Waals surface area contributed by atoms with Crippen molar-refractivity contribution in [1.29, 1.82) is 0 Å². The Labute approximate surface area is 140 Å². The van der Waals surface area contributed by atoms with E-state index in [1.54, 1.807) is 0 Å². The molecule has 0 atom stereocenters. The summed E-state index contributed by atoms with van der Waals surface area (Å²) in [7, 11) is 0. The summed E-state index contributed by atoms with van der Waals surface area (Å²) in [5, 5.41) is 1.08. The highest BCUT2D eigenvalue weighted by Gasteiger charge is 2.11. The molecule has 0 bridgehead atoms. The molecule has 4 rings (SSSR count). The maximum atomic E-state index is 13.2. The number of para-hydroxylation sites is 1. The Hall–Kier alpha value is -3.13. The molecule has 0 spiro atoms. The first-order valence-corrected chi connectivity index (χ1v) is 8.05. The molecule has 0 saturated carbocycles. The van der Waals surface area contributed by atoms with Crippen LogP contribution in [0.15, 0.2) is 95.8 Å². The lowest BCUT2D eigenvalue weighted by atomic mass is 10.0. The molecule has 2 heteroatoms. The van der Waals surface area contributed by atoms with Gasteiger partial charge in [0.1, 0.15) is 0 Å². The van der Waals surface area contributed by atoms with Crippen molar-refractivity contribution in [2.75, 3.05) is 0 Å².